The third kappa shape index (κ3) is 4.73. The van der Waals surface area contributed by atoms with Crippen LogP contribution in [-0.4, -0.2) is 32.9 Å². The Kier molecular flexibility index (Phi) is 6.94. The van der Waals surface area contributed by atoms with Crippen molar-refractivity contribution < 1.29 is 19.0 Å². The molecule has 3 aromatic rings. The van der Waals surface area contributed by atoms with Crippen LogP contribution in [0.25, 0.3) is 10.8 Å². The van der Waals surface area contributed by atoms with Crippen molar-refractivity contribution in [3.63, 3.8) is 0 Å². The molecule has 3 aromatic carbocycles. The zero-order valence-electron chi connectivity index (χ0n) is 16.4. The molecule has 0 saturated carbocycles. The summed E-state index contributed by atoms with van der Waals surface area (Å²) < 4.78 is 16.9. The summed E-state index contributed by atoms with van der Waals surface area (Å²) in [5.41, 5.74) is 3.61. The van der Waals surface area contributed by atoms with Crippen molar-refractivity contribution in [2.45, 2.75) is 0 Å². The van der Waals surface area contributed by atoms with Gasteiger partial charge in [-0.3, -0.25) is 4.79 Å². The molecule has 0 radical (unpaired) electrons. The molecule has 1 N–H and O–H groups in total. The molecular formula is C23H19BrN2O4. The average molecular weight is 467 g/mol. The van der Waals surface area contributed by atoms with E-state index in [1.54, 1.807) is 18.2 Å². The van der Waals surface area contributed by atoms with Crippen molar-refractivity contribution in [2.24, 2.45) is 5.10 Å². The molecule has 0 aliphatic rings. The highest BCUT2D eigenvalue weighted by molar-refractivity contribution is 9.10. The van der Waals surface area contributed by atoms with E-state index < -0.39 is 0 Å². The molecule has 30 heavy (non-hydrogen) atoms. The zero-order chi connectivity index (χ0) is 21.5. The number of hydrogen-bond acceptors (Lipinski definition) is 5. The highest BCUT2D eigenvalue weighted by Crippen LogP contribution is 2.33. The van der Waals surface area contributed by atoms with Crippen molar-refractivity contribution in [3.8, 4) is 29.6 Å². The number of terminal acetylenes is 1. The van der Waals surface area contributed by atoms with Gasteiger partial charge in [-0.1, -0.05) is 30.2 Å². The predicted molar refractivity (Wildman–Crippen MR) is 121 cm³/mol. The molecule has 0 heterocycles. The van der Waals surface area contributed by atoms with Crippen molar-refractivity contribution in [1.82, 2.24) is 5.43 Å². The lowest BCUT2D eigenvalue weighted by atomic mass is 10.1. The van der Waals surface area contributed by atoms with Crippen molar-refractivity contribution in [3.05, 3.63) is 64.1 Å². The molecule has 6 nitrogen and oxygen atoms in total. The summed E-state index contributed by atoms with van der Waals surface area (Å²) >= 11 is 3.45. The average Bonchev–Trinajstić information content (AvgIpc) is 2.77. The molecule has 0 aromatic heterocycles. The number of benzene rings is 3. The van der Waals surface area contributed by atoms with Crippen molar-refractivity contribution >= 4 is 38.8 Å². The lowest BCUT2D eigenvalue weighted by Crippen LogP contribution is -2.18. The maximum absolute atomic E-state index is 12.7. The molecule has 0 aliphatic heterocycles. The van der Waals surface area contributed by atoms with Gasteiger partial charge in [-0.15, -0.1) is 6.42 Å². The van der Waals surface area contributed by atoms with Crippen LogP contribution in [0.15, 0.2) is 58.1 Å². The first-order valence-corrected chi connectivity index (χ1v) is 9.70. The predicted octanol–water partition coefficient (Wildman–Crippen LogP) is 4.40. The summed E-state index contributed by atoms with van der Waals surface area (Å²) in [6.45, 7) is 0.125. The molecule has 7 heteroatoms. The quantitative estimate of drug-likeness (QED) is 0.318. The number of nitrogens with one attached hydrogen (secondary N) is 1. The molecule has 3 rings (SSSR count). The van der Waals surface area contributed by atoms with Gasteiger partial charge < -0.3 is 14.2 Å². The van der Waals surface area contributed by atoms with Crippen LogP contribution in [0, 0.1) is 12.3 Å². The number of carbonyl (C=O) groups is 1. The van der Waals surface area contributed by atoms with E-state index in [-0.39, 0.29) is 12.5 Å². The summed E-state index contributed by atoms with van der Waals surface area (Å²) in [6, 6.07) is 14.8. The van der Waals surface area contributed by atoms with Crippen LogP contribution in [0.5, 0.6) is 17.2 Å². The fourth-order valence-corrected chi connectivity index (χ4v) is 3.25. The van der Waals surface area contributed by atoms with E-state index in [0.717, 1.165) is 10.8 Å². The van der Waals surface area contributed by atoms with E-state index in [0.29, 0.717) is 32.8 Å². The maximum Gasteiger partial charge on any atom is 0.275 e. The van der Waals surface area contributed by atoms with E-state index in [1.807, 2.05) is 30.3 Å². The van der Waals surface area contributed by atoms with Gasteiger partial charge in [-0.25, -0.2) is 5.43 Å². The number of carbonyl (C=O) groups excluding carboxylic acids is 1. The SMILES string of the molecule is C#CCOc1cc(Br)c(C=NNC(=O)c2cc3ccccc3cc2OC)cc1OC. The van der Waals surface area contributed by atoms with E-state index in [4.69, 9.17) is 20.6 Å². The number of nitrogens with zero attached hydrogens (tertiary/aromatic N) is 1. The van der Waals surface area contributed by atoms with Crippen LogP contribution in [0.2, 0.25) is 0 Å². The van der Waals surface area contributed by atoms with Gasteiger partial charge in [0, 0.05) is 10.0 Å². The van der Waals surface area contributed by atoms with Crippen molar-refractivity contribution in [1.29, 1.82) is 0 Å². The van der Waals surface area contributed by atoms with Crippen LogP contribution >= 0.6 is 15.9 Å². The van der Waals surface area contributed by atoms with Gasteiger partial charge in [0.15, 0.2) is 11.5 Å². The Hall–Kier alpha value is -3.50. The molecule has 0 bridgehead atoms. The summed E-state index contributed by atoms with van der Waals surface area (Å²) in [5.74, 6) is 3.50. The normalized spacial score (nSPS) is 10.6. The van der Waals surface area contributed by atoms with Gasteiger partial charge >= 0.3 is 0 Å². The molecule has 0 saturated heterocycles. The number of rotatable bonds is 7. The number of methoxy groups -OCH3 is 2. The van der Waals surface area contributed by atoms with Gasteiger partial charge in [0.05, 0.1) is 26.0 Å². The Bertz CT molecular complexity index is 1150. The smallest absolute Gasteiger partial charge is 0.275 e. The Labute approximate surface area is 183 Å². The minimum Gasteiger partial charge on any atom is -0.496 e. The highest BCUT2D eigenvalue weighted by atomic mass is 79.9. The molecule has 1 amide bonds. The first-order chi connectivity index (χ1) is 14.6. The minimum atomic E-state index is -0.383. The molecular weight excluding hydrogens is 448 g/mol. The van der Waals surface area contributed by atoms with E-state index in [2.05, 4.69) is 32.4 Å². The Morgan fingerprint density at radius 2 is 1.80 bits per heavy atom. The molecule has 0 spiro atoms. The lowest BCUT2D eigenvalue weighted by molar-refractivity contribution is 0.0952. The van der Waals surface area contributed by atoms with Gasteiger partial charge in [0.2, 0.25) is 0 Å². The molecule has 0 unspecified atom stereocenters. The zero-order valence-corrected chi connectivity index (χ0v) is 18.0. The number of hydrogen-bond donors (Lipinski definition) is 1. The van der Waals surface area contributed by atoms with Crippen LogP contribution in [0.4, 0.5) is 0 Å². The van der Waals surface area contributed by atoms with Gasteiger partial charge in [-0.2, -0.15) is 5.10 Å². The number of amides is 1. The third-order valence-corrected chi connectivity index (χ3v) is 4.96. The second-order valence-corrected chi connectivity index (χ2v) is 6.97. The largest absolute Gasteiger partial charge is 0.496 e. The van der Waals surface area contributed by atoms with Crippen LogP contribution in [0.3, 0.4) is 0 Å². The summed E-state index contributed by atoms with van der Waals surface area (Å²) in [5, 5.41) is 5.98. The van der Waals surface area contributed by atoms with Gasteiger partial charge in [-0.05, 0) is 51.0 Å². The Morgan fingerprint density at radius 1 is 1.10 bits per heavy atom. The topological polar surface area (TPSA) is 69.2 Å². The van der Waals surface area contributed by atoms with E-state index >= 15 is 0 Å². The van der Waals surface area contributed by atoms with Gasteiger partial charge in [0.25, 0.3) is 5.91 Å². The summed E-state index contributed by atoms with van der Waals surface area (Å²) in [6.07, 6.45) is 6.73. The fourth-order valence-electron chi connectivity index (χ4n) is 2.83. The monoisotopic (exact) mass is 466 g/mol. The fraction of sp³-hybridized carbons (Fsp3) is 0.130. The number of hydrazone groups is 1. The first kappa shape index (κ1) is 21.2. The number of halogens is 1. The Balaban J connectivity index is 1.81. The second kappa shape index (κ2) is 9.81. The molecule has 152 valence electrons. The molecule has 0 fully saturated rings. The van der Waals surface area contributed by atoms with Crippen LogP contribution < -0.4 is 19.6 Å². The summed E-state index contributed by atoms with van der Waals surface area (Å²) in [7, 11) is 3.05. The highest BCUT2D eigenvalue weighted by Gasteiger charge is 2.14. The molecule has 0 atom stereocenters. The molecule has 0 aliphatic carbocycles. The van der Waals surface area contributed by atoms with Crippen molar-refractivity contribution in [2.75, 3.05) is 20.8 Å². The standard InChI is InChI=1S/C23H19BrN2O4/c1-4-9-30-22-13-19(24)17(12-21(22)29-3)14-25-26-23(27)18-10-15-7-5-6-8-16(15)11-20(18)28-2/h1,5-8,10-14H,9H2,2-3H3,(H,26,27). The van der Waals surface area contributed by atoms with Crippen LogP contribution in [-0.2, 0) is 0 Å². The van der Waals surface area contributed by atoms with Gasteiger partial charge in [0.1, 0.15) is 12.4 Å². The van der Waals surface area contributed by atoms with Crippen LogP contribution in [0.1, 0.15) is 15.9 Å². The Morgan fingerprint density at radius 3 is 2.47 bits per heavy atom. The second-order valence-electron chi connectivity index (χ2n) is 6.12. The third-order valence-electron chi connectivity index (χ3n) is 4.28. The minimum absolute atomic E-state index is 0.125. The van der Waals surface area contributed by atoms with E-state index in [9.17, 15) is 4.79 Å². The summed E-state index contributed by atoms with van der Waals surface area (Å²) in [4.78, 5) is 12.7. The maximum atomic E-state index is 12.7. The number of fused-ring (bicyclic) bond motifs is 1. The lowest BCUT2D eigenvalue weighted by Gasteiger charge is -2.11. The number of ether oxygens (including phenoxy) is 3. The first-order valence-electron chi connectivity index (χ1n) is 8.91. The van der Waals surface area contributed by atoms with E-state index in [1.165, 1.54) is 20.4 Å².